The number of carbonyl (C=O) groups excluding carboxylic acids is 1. The summed E-state index contributed by atoms with van der Waals surface area (Å²) in [5.74, 6) is 0. The summed E-state index contributed by atoms with van der Waals surface area (Å²) in [6, 6.07) is 18.2. The van der Waals surface area contributed by atoms with Crippen LogP contribution in [0, 0.1) is 0 Å². The standard InChI is InChI=1S/C19H16N2O4/c1-13(16-11-15-9-5-6-10-17(15)25-18(16)22)20-21-19(23)24-12-14-7-3-2-4-8-14/h2-11H,12H2,1H3,(H,21,23). The molecule has 0 aliphatic rings. The quantitative estimate of drug-likeness (QED) is 0.449. The van der Waals surface area contributed by atoms with Crippen molar-refractivity contribution in [3.05, 3.63) is 82.2 Å². The summed E-state index contributed by atoms with van der Waals surface area (Å²) in [4.78, 5) is 23.7. The third kappa shape index (κ3) is 4.11. The number of fused-ring (bicyclic) bond motifs is 1. The lowest BCUT2D eigenvalue weighted by molar-refractivity contribution is 0.140. The van der Waals surface area contributed by atoms with Crippen LogP contribution in [-0.4, -0.2) is 11.8 Å². The Morgan fingerprint density at radius 3 is 2.64 bits per heavy atom. The molecule has 126 valence electrons. The molecular formula is C19H16N2O4. The van der Waals surface area contributed by atoms with Crippen molar-refractivity contribution in [3.63, 3.8) is 0 Å². The molecule has 3 rings (SSSR count). The first-order valence-corrected chi connectivity index (χ1v) is 7.68. The fourth-order valence-corrected chi connectivity index (χ4v) is 2.26. The number of para-hydroxylation sites is 1. The average Bonchev–Trinajstić information content (AvgIpc) is 2.64. The number of hydrogen-bond acceptors (Lipinski definition) is 5. The molecule has 25 heavy (non-hydrogen) atoms. The van der Waals surface area contributed by atoms with Crippen LogP contribution < -0.4 is 11.1 Å². The van der Waals surface area contributed by atoms with E-state index in [1.807, 2.05) is 42.5 Å². The summed E-state index contributed by atoms with van der Waals surface area (Å²) in [6.07, 6.45) is -0.701. The molecule has 1 aromatic heterocycles. The Labute approximate surface area is 143 Å². The van der Waals surface area contributed by atoms with E-state index in [9.17, 15) is 9.59 Å². The van der Waals surface area contributed by atoms with Crippen molar-refractivity contribution in [2.45, 2.75) is 13.5 Å². The molecule has 6 nitrogen and oxygen atoms in total. The van der Waals surface area contributed by atoms with Gasteiger partial charge in [0.1, 0.15) is 12.2 Å². The van der Waals surface area contributed by atoms with E-state index in [0.29, 0.717) is 11.3 Å². The Morgan fingerprint density at radius 1 is 1.12 bits per heavy atom. The maximum atomic E-state index is 12.0. The molecule has 6 heteroatoms. The third-order valence-corrected chi connectivity index (χ3v) is 3.56. The van der Waals surface area contributed by atoms with Crippen LogP contribution in [0.1, 0.15) is 18.1 Å². The number of rotatable bonds is 4. The molecule has 0 spiro atoms. The van der Waals surface area contributed by atoms with Crippen LogP contribution in [0.2, 0.25) is 0 Å². The van der Waals surface area contributed by atoms with E-state index < -0.39 is 11.7 Å². The normalized spacial score (nSPS) is 11.3. The first-order chi connectivity index (χ1) is 12.1. The van der Waals surface area contributed by atoms with Gasteiger partial charge in [-0.25, -0.2) is 15.0 Å². The van der Waals surface area contributed by atoms with E-state index >= 15 is 0 Å². The van der Waals surface area contributed by atoms with Crippen LogP contribution in [0.4, 0.5) is 4.79 Å². The van der Waals surface area contributed by atoms with Crippen LogP contribution in [0.5, 0.6) is 0 Å². The van der Waals surface area contributed by atoms with Crippen molar-refractivity contribution in [3.8, 4) is 0 Å². The van der Waals surface area contributed by atoms with E-state index in [-0.39, 0.29) is 12.2 Å². The molecule has 0 saturated carbocycles. The summed E-state index contributed by atoms with van der Waals surface area (Å²) < 4.78 is 10.3. The molecule has 0 aliphatic carbocycles. The predicted molar refractivity (Wildman–Crippen MR) is 94.5 cm³/mol. The minimum atomic E-state index is -0.701. The van der Waals surface area contributed by atoms with Crippen LogP contribution in [-0.2, 0) is 11.3 Å². The van der Waals surface area contributed by atoms with Crippen LogP contribution in [0.15, 0.2) is 75.0 Å². The zero-order chi connectivity index (χ0) is 17.6. The number of ether oxygens (including phenoxy) is 1. The van der Waals surface area contributed by atoms with Gasteiger partial charge in [-0.15, -0.1) is 0 Å². The first kappa shape index (κ1) is 16.4. The van der Waals surface area contributed by atoms with Gasteiger partial charge in [-0.3, -0.25) is 0 Å². The Bertz CT molecular complexity index is 977. The highest BCUT2D eigenvalue weighted by atomic mass is 16.6. The number of amides is 1. The fraction of sp³-hybridized carbons (Fsp3) is 0.105. The molecule has 1 N–H and O–H groups in total. The molecule has 2 aromatic carbocycles. The van der Waals surface area contributed by atoms with Gasteiger partial charge in [0.15, 0.2) is 0 Å². The molecule has 1 amide bonds. The maximum absolute atomic E-state index is 12.0. The van der Waals surface area contributed by atoms with Crippen molar-refractivity contribution in [2.24, 2.45) is 5.10 Å². The highest BCUT2D eigenvalue weighted by Crippen LogP contribution is 2.12. The number of carbonyl (C=O) groups is 1. The lowest BCUT2D eigenvalue weighted by atomic mass is 10.1. The molecule has 0 fully saturated rings. The minimum absolute atomic E-state index is 0.138. The molecule has 0 radical (unpaired) electrons. The van der Waals surface area contributed by atoms with Crippen molar-refractivity contribution in [2.75, 3.05) is 0 Å². The number of hydrazone groups is 1. The van der Waals surface area contributed by atoms with E-state index in [1.165, 1.54) is 0 Å². The van der Waals surface area contributed by atoms with Gasteiger partial charge >= 0.3 is 11.7 Å². The number of hydrogen-bond donors (Lipinski definition) is 1. The lowest BCUT2D eigenvalue weighted by Gasteiger charge is -2.05. The highest BCUT2D eigenvalue weighted by Gasteiger charge is 2.09. The molecule has 1 heterocycles. The van der Waals surface area contributed by atoms with E-state index in [2.05, 4.69) is 10.5 Å². The Morgan fingerprint density at radius 2 is 1.84 bits per heavy atom. The zero-order valence-corrected chi connectivity index (χ0v) is 13.6. The lowest BCUT2D eigenvalue weighted by Crippen LogP contribution is -2.22. The molecule has 0 atom stereocenters. The molecule has 3 aromatic rings. The van der Waals surface area contributed by atoms with Crippen molar-refractivity contribution < 1.29 is 13.9 Å². The van der Waals surface area contributed by atoms with Crippen LogP contribution >= 0.6 is 0 Å². The van der Waals surface area contributed by atoms with Gasteiger partial charge in [0.05, 0.1) is 11.3 Å². The Kier molecular flexibility index (Phi) is 4.89. The second-order valence-electron chi connectivity index (χ2n) is 5.36. The fourth-order valence-electron chi connectivity index (χ4n) is 2.26. The first-order valence-electron chi connectivity index (χ1n) is 7.68. The maximum Gasteiger partial charge on any atom is 0.428 e. The Hall–Kier alpha value is -3.41. The summed E-state index contributed by atoms with van der Waals surface area (Å²) >= 11 is 0. The number of nitrogens with one attached hydrogen (secondary N) is 1. The molecule has 0 aliphatic heterocycles. The van der Waals surface area contributed by atoms with Gasteiger partial charge in [-0.05, 0) is 24.6 Å². The predicted octanol–water partition coefficient (Wildman–Crippen LogP) is 3.44. The molecule has 0 saturated heterocycles. The van der Waals surface area contributed by atoms with Crippen LogP contribution in [0.3, 0.4) is 0 Å². The molecule has 0 unspecified atom stereocenters. The van der Waals surface area contributed by atoms with Gasteiger partial charge in [-0.2, -0.15) is 5.10 Å². The summed E-state index contributed by atoms with van der Waals surface area (Å²) in [5.41, 5.74) is 3.74. The van der Waals surface area contributed by atoms with E-state index in [0.717, 1.165) is 10.9 Å². The average molecular weight is 336 g/mol. The van der Waals surface area contributed by atoms with Gasteiger partial charge in [0.2, 0.25) is 0 Å². The van der Waals surface area contributed by atoms with Gasteiger partial charge in [0, 0.05) is 5.39 Å². The van der Waals surface area contributed by atoms with Gasteiger partial charge in [0.25, 0.3) is 0 Å². The van der Waals surface area contributed by atoms with Crippen molar-refractivity contribution in [1.82, 2.24) is 5.43 Å². The summed E-state index contributed by atoms with van der Waals surface area (Å²) in [7, 11) is 0. The van der Waals surface area contributed by atoms with Crippen LogP contribution in [0.25, 0.3) is 11.0 Å². The van der Waals surface area contributed by atoms with Crippen molar-refractivity contribution >= 4 is 22.8 Å². The monoisotopic (exact) mass is 336 g/mol. The molecular weight excluding hydrogens is 320 g/mol. The summed E-state index contributed by atoms with van der Waals surface area (Å²) in [6.45, 7) is 1.75. The second kappa shape index (κ2) is 7.44. The van der Waals surface area contributed by atoms with Gasteiger partial charge in [-0.1, -0.05) is 48.5 Å². The zero-order valence-electron chi connectivity index (χ0n) is 13.6. The number of nitrogens with zero attached hydrogens (tertiary/aromatic N) is 1. The minimum Gasteiger partial charge on any atom is -0.443 e. The third-order valence-electron chi connectivity index (χ3n) is 3.56. The van der Waals surface area contributed by atoms with E-state index in [4.69, 9.17) is 9.15 Å². The largest absolute Gasteiger partial charge is 0.443 e. The summed E-state index contributed by atoms with van der Waals surface area (Å²) in [5, 5.41) is 4.68. The smallest absolute Gasteiger partial charge is 0.428 e. The highest BCUT2D eigenvalue weighted by molar-refractivity contribution is 6.00. The van der Waals surface area contributed by atoms with E-state index in [1.54, 1.807) is 25.1 Å². The van der Waals surface area contributed by atoms with Crippen molar-refractivity contribution in [1.29, 1.82) is 0 Å². The van der Waals surface area contributed by atoms with Gasteiger partial charge < -0.3 is 9.15 Å². The molecule has 0 bridgehead atoms. The number of benzene rings is 2. The Balaban J connectivity index is 1.68. The SMILES string of the molecule is CC(=NNC(=O)OCc1ccccc1)c1cc2ccccc2oc1=O. The second-order valence-corrected chi connectivity index (χ2v) is 5.36. The topological polar surface area (TPSA) is 80.9 Å².